The predicted molar refractivity (Wildman–Crippen MR) is 98.9 cm³/mol. The summed E-state index contributed by atoms with van der Waals surface area (Å²) in [5.74, 6) is 0. The number of hydrogen-bond acceptors (Lipinski definition) is 3. The van der Waals surface area contributed by atoms with Gasteiger partial charge in [0.25, 0.3) is 0 Å². The third kappa shape index (κ3) is 3.98. The molecule has 0 saturated carbocycles. The van der Waals surface area contributed by atoms with Crippen LogP contribution in [0.5, 0.6) is 0 Å². The quantitative estimate of drug-likeness (QED) is 0.769. The molecule has 0 saturated heterocycles. The minimum Gasteiger partial charge on any atom is -0.444 e. The van der Waals surface area contributed by atoms with Gasteiger partial charge in [-0.05, 0) is 39.3 Å². The van der Waals surface area contributed by atoms with Crippen LogP contribution in [0.3, 0.4) is 0 Å². The molecule has 0 N–H and O–H groups in total. The number of hydrogen-bond donors (Lipinski definition) is 0. The zero-order valence-electron chi connectivity index (χ0n) is 15.2. The smallest absolute Gasteiger partial charge is 0.410 e. The lowest BCUT2D eigenvalue weighted by Crippen LogP contribution is -2.38. The van der Waals surface area contributed by atoms with Crippen LogP contribution in [0.1, 0.15) is 32.0 Å². The summed E-state index contributed by atoms with van der Waals surface area (Å²) < 4.78 is 7.43. The Morgan fingerprint density at radius 2 is 1.80 bits per heavy atom. The third-order valence-corrected chi connectivity index (χ3v) is 4.50. The molecule has 1 aromatic heterocycles. The van der Waals surface area contributed by atoms with Crippen LogP contribution < -0.4 is 0 Å². The SMILES string of the molecule is Cn1nc2c(c1-c1ccc(Cl)cc1)CCN(C(=O)OC(C)(C)C)CC2. The van der Waals surface area contributed by atoms with Crippen molar-refractivity contribution in [1.29, 1.82) is 0 Å². The number of carbonyl (C=O) groups is 1. The van der Waals surface area contributed by atoms with Crippen LogP contribution in [0.2, 0.25) is 5.02 Å². The molecule has 0 bridgehead atoms. The lowest BCUT2D eigenvalue weighted by molar-refractivity contribution is 0.0258. The Morgan fingerprint density at radius 3 is 2.44 bits per heavy atom. The van der Waals surface area contributed by atoms with E-state index in [1.165, 1.54) is 5.56 Å². The highest BCUT2D eigenvalue weighted by Gasteiger charge is 2.27. The molecule has 0 radical (unpaired) electrons. The van der Waals surface area contributed by atoms with Crippen molar-refractivity contribution in [3.8, 4) is 11.3 Å². The first-order valence-corrected chi connectivity index (χ1v) is 8.91. The summed E-state index contributed by atoms with van der Waals surface area (Å²) >= 11 is 6.01. The summed E-state index contributed by atoms with van der Waals surface area (Å²) in [5, 5.41) is 5.40. The minimum absolute atomic E-state index is 0.255. The highest BCUT2D eigenvalue weighted by atomic mass is 35.5. The number of carbonyl (C=O) groups excluding carboxylic acids is 1. The van der Waals surface area contributed by atoms with Crippen LogP contribution in [-0.2, 0) is 24.6 Å². The van der Waals surface area contributed by atoms with Gasteiger partial charge < -0.3 is 9.64 Å². The highest BCUT2D eigenvalue weighted by molar-refractivity contribution is 6.30. The van der Waals surface area contributed by atoms with Gasteiger partial charge in [-0.2, -0.15) is 5.10 Å². The van der Waals surface area contributed by atoms with E-state index in [9.17, 15) is 4.79 Å². The molecule has 134 valence electrons. The van der Waals surface area contributed by atoms with E-state index in [1.807, 2.05) is 56.8 Å². The van der Waals surface area contributed by atoms with Crippen molar-refractivity contribution in [2.45, 2.75) is 39.2 Å². The number of ether oxygens (including phenoxy) is 1. The van der Waals surface area contributed by atoms with Gasteiger partial charge in [0, 0.05) is 42.7 Å². The van der Waals surface area contributed by atoms with Gasteiger partial charge in [0.05, 0.1) is 11.4 Å². The molecule has 1 amide bonds. The van der Waals surface area contributed by atoms with Gasteiger partial charge in [-0.15, -0.1) is 0 Å². The summed E-state index contributed by atoms with van der Waals surface area (Å²) in [6, 6.07) is 7.80. The summed E-state index contributed by atoms with van der Waals surface area (Å²) in [5.41, 5.74) is 3.96. The fourth-order valence-corrected chi connectivity index (χ4v) is 3.29. The monoisotopic (exact) mass is 361 g/mol. The molecule has 6 heteroatoms. The van der Waals surface area contributed by atoms with Crippen molar-refractivity contribution in [3.05, 3.63) is 40.5 Å². The van der Waals surface area contributed by atoms with E-state index in [1.54, 1.807) is 4.90 Å². The number of halogens is 1. The second-order valence-corrected chi connectivity index (χ2v) is 7.81. The Balaban J connectivity index is 1.83. The largest absolute Gasteiger partial charge is 0.444 e. The van der Waals surface area contributed by atoms with E-state index < -0.39 is 5.60 Å². The van der Waals surface area contributed by atoms with Gasteiger partial charge in [-0.25, -0.2) is 4.79 Å². The molecular weight excluding hydrogens is 338 g/mol. The van der Waals surface area contributed by atoms with E-state index >= 15 is 0 Å². The fourth-order valence-electron chi connectivity index (χ4n) is 3.16. The van der Waals surface area contributed by atoms with Gasteiger partial charge in [-0.3, -0.25) is 4.68 Å². The zero-order chi connectivity index (χ0) is 18.2. The highest BCUT2D eigenvalue weighted by Crippen LogP contribution is 2.29. The van der Waals surface area contributed by atoms with Crippen molar-refractivity contribution >= 4 is 17.7 Å². The first-order chi connectivity index (χ1) is 11.7. The topological polar surface area (TPSA) is 47.4 Å². The Bertz CT molecular complexity index is 775. The maximum absolute atomic E-state index is 12.4. The van der Waals surface area contributed by atoms with E-state index in [0.29, 0.717) is 18.1 Å². The van der Waals surface area contributed by atoms with Crippen molar-refractivity contribution in [2.24, 2.45) is 7.05 Å². The Labute approximate surface area is 153 Å². The van der Waals surface area contributed by atoms with Crippen LogP contribution in [-0.4, -0.2) is 39.5 Å². The van der Waals surface area contributed by atoms with Crippen molar-refractivity contribution in [1.82, 2.24) is 14.7 Å². The number of fused-ring (bicyclic) bond motifs is 1. The van der Waals surface area contributed by atoms with Crippen LogP contribution >= 0.6 is 11.6 Å². The van der Waals surface area contributed by atoms with Gasteiger partial charge >= 0.3 is 6.09 Å². The molecule has 0 unspecified atom stereocenters. The van der Waals surface area contributed by atoms with E-state index in [4.69, 9.17) is 16.3 Å². The molecule has 3 rings (SSSR count). The fraction of sp³-hybridized carbons (Fsp3) is 0.474. The molecule has 0 aliphatic carbocycles. The molecule has 2 heterocycles. The minimum atomic E-state index is -0.481. The van der Waals surface area contributed by atoms with Gasteiger partial charge in [0.2, 0.25) is 0 Å². The molecule has 0 spiro atoms. The van der Waals surface area contributed by atoms with Gasteiger partial charge in [-0.1, -0.05) is 23.7 Å². The van der Waals surface area contributed by atoms with Crippen LogP contribution in [0.15, 0.2) is 24.3 Å². The standard InChI is InChI=1S/C19H24ClN3O2/c1-19(2,3)25-18(24)23-11-9-15-16(10-12-23)21-22(4)17(15)13-5-7-14(20)8-6-13/h5-8H,9-12H2,1-4H3. The molecule has 0 fully saturated rings. The number of amides is 1. The number of benzene rings is 1. The van der Waals surface area contributed by atoms with E-state index in [0.717, 1.165) is 29.8 Å². The molecule has 1 aliphatic rings. The molecule has 1 aromatic carbocycles. The van der Waals surface area contributed by atoms with Crippen molar-refractivity contribution in [3.63, 3.8) is 0 Å². The first kappa shape index (κ1) is 17.8. The summed E-state index contributed by atoms with van der Waals surface area (Å²) in [7, 11) is 1.96. The average molecular weight is 362 g/mol. The maximum Gasteiger partial charge on any atom is 0.410 e. The number of aryl methyl sites for hydroxylation is 1. The number of rotatable bonds is 1. The molecule has 2 aromatic rings. The Morgan fingerprint density at radius 1 is 1.16 bits per heavy atom. The normalized spacial score (nSPS) is 14.8. The maximum atomic E-state index is 12.4. The van der Waals surface area contributed by atoms with E-state index in [2.05, 4.69) is 5.10 Å². The Hall–Kier alpha value is -2.01. The van der Waals surface area contributed by atoms with Gasteiger partial charge in [0.1, 0.15) is 5.60 Å². The van der Waals surface area contributed by atoms with Crippen LogP contribution in [0.25, 0.3) is 11.3 Å². The van der Waals surface area contributed by atoms with Crippen LogP contribution in [0.4, 0.5) is 4.79 Å². The second kappa shape index (κ2) is 6.71. The molecule has 5 nitrogen and oxygen atoms in total. The van der Waals surface area contributed by atoms with Crippen molar-refractivity contribution in [2.75, 3.05) is 13.1 Å². The van der Waals surface area contributed by atoms with Crippen molar-refractivity contribution < 1.29 is 9.53 Å². The second-order valence-electron chi connectivity index (χ2n) is 7.37. The van der Waals surface area contributed by atoms with E-state index in [-0.39, 0.29) is 6.09 Å². The summed E-state index contributed by atoms with van der Waals surface area (Å²) in [4.78, 5) is 14.1. The molecule has 0 atom stereocenters. The lowest BCUT2D eigenvalue weighted by atomic mass is 10.0. The molecular formula is C19H24ClN3O2. The lowest BCUT2D eigenvalue weighted by Gasteiger charge is -2.26. The first-order valence-electron chi connectivity index (χ1n) is 8.53. The Kier molecular flexibility index (Phi) is 4.78. The number of aromatic nitrogens is 2. The summed E-state index contributed by atoms with van der Waals surface area (Å²) in [6.45, 7) is 6.92. The zero-order valence-corrected chi connectivity index (χ0v) is 15.9. The van der Waals surface area contributed by atoms with Gasteiger partial charge in [0.15, 0.2) is 0 Å². The predicted octanol–water partition coefficient (Wildman–Crippen LogP) is 4.08. The summed E-state index contributed by atoms with van der Waals surface area (Å²) in [6.07, 6.45) is 1.24. The molecule has 25 heavy (non-hydrogen) atoms. The number of nitrogens with zero attached hydrogens (tertiary/aromatic N) is 3. The third-order valence-electron chi connectivity index (χ3n) is 4.25. The molecule has 1 aliphatic heterocycles. The average Bonchev–Trinajstić information content (AvgIpc) is 2.69. The van der Waals surface area contributed by atoms with Crippen LogP contribution in [0, 0.1) is 0 Å².